The fraction of sp³-hybridized carbons (Fsp3) is 0.222. The van der Waals surface area contributed by atoms with Gasteiger partial charge in [0.25, 0.3) is 5.91 Å². The van der Waals surface area contributed by atoms with E-state index in [1.54, 1.807) is 12.1 Å². The highest BCUT2D eigenvalue weighted by atomic mass is 16.2. The van der Waals surface area contributed by atoms with Crippen LogP contribution in [0.25, 0.3) is 0 Å². The molecule has 1 heterocycles. The van der Waals surface area contributed by atoms with Gasteiger partial charge < -0.3 is 5.32 Å². The topological polar surface area (TPSA) is 49.4 Å². The average molecular weight is 294 g/mol. The number of amides is 2. The van der Waals surface area contributed by atoms with Crippen molar-refractivity contribution in [2.45, 2.75) is 26.3 Å². The lowest BCUT2D eigenvalue weighted by Crippen LogP contribution is -2.34. The van der Waals surface area contributed by atoms with E-state index in [9.17, 15) is 9.59 Å². The van der Waals surface area contributed by atoms with Gasteiger partial charge >= 0.3 is 0 Å². The molecule has 1 saturated heterocycles. The maximum Gasteiger partial charge on any atom is 0.256 e. The normalized spacial score (nSPS) is 17.9. The standard InChI is InChI=1S/C18H18N2O2/c1-12-8-13(2)10-14(9-12)19-16-11-17(21)20(18(16)22)15-6-4-3-5-7-15/h3-10,16,19H,11H2,1-2H3/t16-/m0/s1. The Balaban J connectivity index is 1.82. The van der Waals surface area contributed by atoms with Gasteiger partial charge in [0.1, 0.15) is 6.04 Å². The van der Waals surface area contributed by atoms with Crippen LogP contribution in [0.15, 0.2) is 48.5 Å². The summed E-state index contributed by atoms with van der Waals surface area (Å²) in [7, 11) is 0. The molecule has 3 rings (SSSR count). The number of para-hydroxylation sites is 1. The molecule has 4 heteroatoms. The van der Waals surface area contributed by atoms with Gasteiger partial charge in [0, 0.05) is 5.69 Å². The smallest absolute Gasteiger partial charge is 0.256 e. The van der Waals surface area contributed by atoms with Gasteiger partial charge in [-0.2, -0.15) is 0 Å². The molecular formula is C18H18N2O2. The molecule has 0 aromatic heterocycles. The number of anilines is 2. The van der Waals surface area contributed by atoms with Gasteiger partial charge in [-0.05, 0) is 49.2 Å². The molecule has 0 radical (unpaired) electrons. The molecule has 22 heavy (non-hydrogen) atoms. The number of aryl methyl sites for hydroxylation is 2. The zero-order valence-corrected chi connectivity index (χ0v) is 12.7. The van der Waals surface area contributed by atoms with Gasteiger partial charge in [-0.3, -0.25) is 9.59 Å². The molecule has 1 aliphatic heterocycles. The molecule has 1 N–H and O–H groups in total. The second-order valence-electron chi connectivity index (χ2n) is 5.68. The highest BCUT2D eigenvalue weighted by molar-refractivity contribution is 6.23. The van der Waals surface area contributed by atoms with Gasteiger partial charge in [0.2, 0.25) is 5.91 Å². The first-order valence-electron chi connectivity index (χ1n) is 7.31. The summed E-state index contributed by atoms with van der Waals surface area (Å²) in [6.45, 7) is 4.02. The first-order chi connectivity index (χ1) is 10.5. The summed E-state index contributed by atoms with van der Waals surface area (Å²) in [6, 6.07) is 14.6. The van der Waals surface area contributed by atoms with E-state index in [1.165, 1.54) is 4.90 Å². The van der Waals surface area contributed by atoms with E-state index in [4.69, 9.17) is 0 Å². The molecule has 1 aliphatic rings. The Kier molecular flexibility index (Phi) is 3.67. The van der Waals surface area contributed by atoms with Crippen LogP contribution in [0.1, 0.15) is 17.5 Å². The molecule has 0 unspecified atom stereocenters. The van der Waals surface area contributed by atoms with Crippen LogP contribution in [0, 0.1) is 13.8 Å². The molecular weight excluding hydrogens is 276 g/mol. The number of hydrogen-bond donors (Lipinski definition) is 1. The Morgan fingerprint density at radius 2 is 1.64 bits per heavy atom. The summed E-state index contributed by atoms with van der Waals surface area (Å²) in [5.41, 5.74) is 3.75. The minimum Gasteiger partial charge on any atom is -0.373 e. The van der Waals surface area contributed by atoms with Crippen molar-refractivity contribution in [3.05, 3.63) is 59.7 Å². The lowest BCUT2D eigenvalue weighted by Gasteiger charge is -2.16. The van der Waals surface area contributed by atoms with Gasteiger partial charge in [0.15, 0.2) is 0 Å². The van der Waals surface area contributed by atoms with Crippen LogP contribution in [-0.4, -0.2) is 17.9 Å². The first kappa shape index (κ1) is 14.3. The maximum absolute atomic E-state index is 12.5. The zero-order valence-electron chi connectivity index (χ0n) is 12.7. The number of hydrogen-bond acceptors (Lipinski definition) is 3. The number of nitrogens with zero attached hydrogens (tertiary/aromatic N) is 1. The molecule has 2 amide bonds. The number of carbonyl (C=O) groups is 2. The highest BCUT2D eigenvalue weighted by Gasteiger charge is 2.39. The minimum absolute atomic E-state index is 0.168. The number of nitrogens with one attached hydrogen (secondary N) is 1. The largest absolute Gasteiger partial charge is 0.373 e. The van der Waals surface area contributed by atoms with Crippen molar-refractivity contribution in [3.8, 4) is 0 Å². The Morgan fingerprint density at radius 1 is 1.00 bits per heavy atom. The van der Waals surface area contributed by atoms with E-state index >= 15 is 0 Å². The number of rotatable bonds is 3. The van der Waals surface area contributed by atoms with E-state index < -0.39 is 6.04 Å². The van der Waals surface area contributed by atoms with E-state index in [-0.39, 0.29) is 18.2 Å². The summed E-state index contributed by atoms with van der Waals surface area (Å²) >= 11 is 0. The van der Waals surface area contributed by atoms with Crippen molar-refractivity contribution in [2.75, 3.05) is 10.2 Å². The molecule has 0 spiro atoms. The molecule has 0 saturated carbocycles. The van der Waals surface area contributed by atoms with Gasteiger partial charge in [-0.25, -0.2) is 4.90 Å². The summed E-state index contributed by atoms with van der Waals surface area (Å²) in [4.78, 5) is 26.0. The van der Waals surface area contributed by atoms with Gasteiger partial charge in [-0.1, -0.05) is 24.3 Å². The Morgan fingerprint density at radius 3 is 2.27 bits per heavy atom. The van der Waals surface area contributed by atoms with Crippen molar-refractivity contribution >= 4 is 23.2 Å². The molecule has 2 aromatic rings. The van der Waals surface area contributed by atoms with E-state index in [2.05, 4.69) is 11.4 Å². The highest BCUT2D eigenvalue weighted by Crippen LogP contribution is 2.25. The van der Waals surface area contributed by atoms with Crippen LogP contribution >= 0.6 is 0 Å². The predicted molar refractivity (Wildman–Crippen MR) is 86.9 cm³/mol. The predicted octanol–water partition coefficient (Wildman–Crippen LogP) is 3.05. The Hall–Kier alpha value is -2.62. The Labute approximate surface area is 129 Å². The number of carbonyl (C=O) groups excluding carboxylic acids is 2. The molecule has 4 nitrogen and oxygen atoms in total. The number of benzene rings is 2. The maximum atomic E-state index is 12.5. The van der Waals surface area contributed by atoms with Gasteiger partial charge in [-0.15, -0.1) is 0 Å². The number of imide groups is 1. The third kappa shape index (κ3) is 2.72. The van der Waals surface area contributed by atoms with Crippen molar-refractivity contribution < 1.29 is 9.59 Å². The Bertz CT molecular complexity index is 705. The lowest BCUT2D eigenvalue weighted by atomic mass is 10.1. The van der Waals surface area contributed by atoms with Crippen LogP contribution in [0.2, 0.25) is 0 Å². The molecule has 112 valence electrons. The fourth-order valence-corrected chi connectivity index (χ4v) is 2.85. The first-order valence-corrected chi connectivity index (χ1v) is 7.31. The molecule has 1 fully saturated rings. The molecule has 0 bridgehead atoms. The van der Waals surface area contributed by atoms with Crippen LogP contribution in [-0.2, 0) is 9.59 Å². The lowest BCUT2D eigenvalue weighted by molar-refractivity contribution is -0.121. The van der Waals surface area contributed by atoms with E-state index in [0.717, 1.165) is 16.8 Å². The quantitative estimate of drug-likeness (QED) is 0.885. The monoisotopic (exact) mass is 294 g/mol. The SMILES string of the molecule is Cc1cc(C)cc(N[C@H]2CC(=O)N(c3ccccc3)C2=O)c1. The fourth-order valence-electron chi connectivity index (χ4n) is 2.85. The van der Waals surface area contributed by atoms with E-state index in [0.29, 0.717) is 5.69 Å². The van der Waals surface area contributed by atoms with Crippen LogP contribution in [0.5, 0.6) is 0 Å². The summed E-state index contributed by atoms with van der Waals surface area (Å²) < 4.78 is 0. The third-order valence-corrected chi connectivity index (χ3v) is 3.72. The second-order valence-corrected chi connectivity index (χ2v) is 5.68. The summed E-state index contributed by atoms with van der Waals surface area (Å²) in [5.74, 6) is -0.367. The summed E-state index contributed by atoms with van der Waals surface area (Å²) in [5, 5.41) is 3.19. The second kappa shape index (κ2) is 5.64. The van der Waals surface area contributed by atoms with Crippen LogP contribution in [0.4, 0.5) is 11.4 Å². The minimum atomic E-state index is -0.506. The molecule has 0 aliphatic carbocycles. The van der Waals surface area contributed by atoms with E-state index in [1.807, 2.05) is 44.2 Å². The van der Waals surface area contributed by atoms with Crippen LogP contribution in [0.3, 0.4) is 0 Å². The van der Waals surface area contributed by atoms with Crippen LogP contribution < -0.4 is 10.2 Å². The van der Waals surface area contributed by atoms with Crippen molar-refractivity contribution in [3.63, 3.8) is 0 Å². The van der Waals surface area contributed by atoms with Crippen molar-refractivity contribution in [1.82, 2.24) is 0 Å². The third-order valence-electron chi connectivity index (χ3n) is 3.72. The zero-order chi connectivity index (χ0) is 15.7. The molecule has 1 atom stereocenters. The summed E-state index contributed by atoms with van der Waals surface area (Å²) in [6.07, 6.45) is 0.181. The van der Waals surface area contributed by atoms with Crippen molar-refractivity contribution in [1.29, 1.82) is 0 Å². The van der Waals surface area contributed by atoms with Gasteiger partial charge in [0.05, 0.1) is 12.1 Å². The average Bonchev–Trinajstić information content (AvgIpc) is 2.73. The van der Waals surface area contributed by atoms with Crippen molar-refractivity contribution in [2.24, 2.45) is 0 Å². The molecule has 2 aromatic carbocycles.